The van der Waals surface area contributed by atoms with E-state index in [9.17, 15) is 4.39 Å². The molecule has 0 N–H and O–H groups in total. The average molecular weight is 237 g/mol. The van der Waals surface area contributed by atoms with Gasteiger partial charge < -0.3 is 4.74 Å². The smallest absolute Gasteiger partial charge is 0.181 e. The number of benzene rings is 2. The van der Waals surface area contributed by atoms with Crippen LogP contribution in [0, 0.1) is 12.7 Å². The van der Waals surface area contributed by atoms with Gasteiger partial charge in [0.15, 0.2) is 11.6 Å². The Morgan fingerprint density at radius 1 is 1.12 bits per heavy atom. The van der Waals surface area contributed by atoms with Crippen molar-refractivity contribution < 1.29 is 9.13 Å². The van der Waals surface area contributed by atoms with Gasteiger partial charge in [0.05, 0.1) is 5.02 Å². The summed E-state index contributed by atoms with van der Waals surface area (Å²) in [7, 11) is 0. The summed E-state index contributed by atoms with van der Waals surface area (Å²) in [4.78, 5) is 0. The Hall–Kier alpha value is -1.54. The molecule has 0 radical (unpaired) electrons. The largest absolute Gasteiger partial charge is 0.453 e. The Bertz CT molecular complexity index is 474. The highest BCUT2D eigenvalue weighted by atomic mass is 35.5. The molecule has 16 heavy (non-hydrogen) atoms. The van der Waals surface area contributed by atoms with E-state index in [1.165, 1.54) is 6.07 Å². The molecule has 0 aromatic heterocycles. The third-order valence-electron chi connectivity index (χ3n) is 2.11. The molecule has 2 aromatic rings. The Labute approximate surface area is 98.4 Å². The van der Waals surface area contributed by atoms with Crippen molar-refractivity contribution in [2.75, 3.05) is 0 Å². The van der Waals surface area contributed by atoms with Crippen molar-refractivity contribution in [3.63, 3.8) is 0 Å². The second kappa shape index (κ2) is 4.54. The maximum atomic E-state index is 13.6. The second-order valence-corrected chi connectivity index (χ2v) is 3.88. The van der Waals surface area contributed by atoms with Crippen LogP contribution >= 0.6 is 11.6 Å². The highest BCUT2D eigenvalue weighted by Gasteiger charge is 2.10. The first kappa shape index (κ1) is 11.0. The normalized spacial score (nSPS) is 10.2. The van der Waals surface area contributed by atoms with Crippen LogP contribution in [-0.2, 0) is 0 Å². The predicted octanol–water partition coefficient (Wildman–Crippen LogP) is 4.58. The molecular formula is C13H10ClFO. The lowest BCUT2D eigenvalue weighted by Crippen LogP contribution is -1.90. The maximum absolute atomic E-state index is 13.6. The second-order valence-electron chi connectivity index (χ2n) is 3.47. The number of para-hydroxylation sites is 1. The van der Waals surface area contributed by atoms with Crippen LogP contribution in [0.1, 0.15) is 5.56 Å². The number of ether oxygens (including phenoxy) is 1. The number of aryl methyl sites for hydroxylation is 1. The summed E-state index contributed by atoms with van der Waals surface area (Å²) in [6.45, 7) is 1.78. The van der Waals surface area contributed by atoms with E-state index in [1.54, 1.807) is 25.1 Å². The van der Waals surface area contributed by atoms with Gasteiger partial charge in [-0.2, -0.15) is 0 Å². The van der Waals surface area contributed by atoms with Gasteiger partial charge >= 0.3 is 0 Å². The van der Waals surface area contributed by atoms with Gasteiger partial charge in [-0.25, -0.2) is 4.39 Å². The summed E-state index contributed by atoms with van der Waals surface area (Å²) >= 11 is 5.92. The number of rotatable bonds is 2. The zero-order valence-corrected chi connectivity index (χ0v) is 9.46. The van der Waals surface area contributed by atoms with Crippen molar-refractivity contribution in [1.29, 1.82) is 0 Å². The minimum atomic E-state index is -0.450. The first-order valence-corrected chi connectivity index (χ1v) is 5.23. The quantitative estimate of drug-likeness (QED) is 0.742. The molecule has 2 aromatic carbocycles. The minimum absolute atomic E-state index is 0.0680. The van der Waals surface area contributed by atoms with Crippen LogP contribution in [0.15, 0.2) is 42.5 Å². The first-order chi connectivity index (χ1) is 7.66. The third-order valence-corrected chi connectivity index (χ3v) is 2.39. The molecule has 0 saturated heterocycles. The van der Waals surface area contributed by atoms with E-state index in [2.05, 4.69) is 0 Å². The fraction of sp³-hybridized carbons (Fsp3) is 0.0769. The van der Waals surface area contributed by atoms with E-state index in [0.717, 1.165) is 5.56 Å². The van der Waals surface area contributed by atoms with E-state index >= 15 is 0 Å². The van der Waals surface area contributed by atoms with E-state index in [-0.39, 0.29) is 10.8 Å². The van der Waals surface area contributed by atoms with Crippen molar-refractivity contribution >= 4 is 11.6 Å². The first-order valence-electron chi connectivity index (χ1n) is 4.85. The van der Waals surface area contributed by atoms with Crippen molar-refractivity contribution in [2.45, 2.75) is 6.92 Å². The predicted molar refractivity (Wildman–Crippen MR) is 62.7 cm³/mol. The van der Waals surface area contributed by atoms with E-state index in [4.69, 9.17) is 16.3 Å². The molecule has 0 aliphatic heterocycles. The molecule has 0 fully saturated rings. The summed E-state index contributed by atoms with van der Waals surface area (Å²) in [5.74, 6) is 0.180. The Morgan fingerprint density at radius 3 is 2.44 bits per heavy atom. The molecule has 0 atom stereocenters. The molecule has 0 aliphatic carbocycles. The van der Waals surface area contributed by atoms with Gasteiger partial charge in [0.2, 0.25) is 0 Å². The topological polar surface area (TPSA) is 9.23 Å². The molecule has 2 rings (SSSR count). The lowest BCUT2D eigenvalue weighted by Gasteiger charge is -2.09. The monoisotopic (exact) mass is 236 g/mol. The SMILES string of the molecule is Cc1cc(F)c(Oc2ccccc2)c(Cl)c1. The van der Waals surface area contributed by atoms with Gasteiger partial charge in [-0.15, -0.1) is 0 Å². The van der Waals surface area contributed by atoms with Crippen LogP contribution in [0.4, 0.5) is 4.39 Å². The highest BCUT2D eigenvalue weighted by Crippen LogP contribution is 2.32. The molecule has 0 heterocycles. The minimum Gasteiger partial charge on any atom is -0.453 e. The van der Waals surface area contributed by atoms with Gasteiger partial charge in [-0.05, 0) is 36.8 Å². The third kappa shape index (κ3) is 2.34. The lowest BCUT2D eigenvalue weighted by molar-refractivity contribution is 0.442. The average Bonchev–Trinajstić information content (AvgIpc) is 2.25. The van der Waals surface area contributed by atoms with Crippen molar-refractivity contribution in [1.82, 2.24) is 0 Å². The van der Waals surface area contributed by atoms with Gasteiger partial charge in [0.1, 0.15) is 5.75 Å². The van der Waals surface area contributed by atoms with Crippen LogP contribution in [0.3, 0.4) is 0 Å². The van der Waals surface area contributed by atoms with Crippen molar-refractivity contribution in [3.05, 3.63) is 58.9 Å². The molecule has 82 valence electrons. The van der Waals surface area contributed by atoms with Gasteiger partial charge in [0.25, 0.3) is 0 Å². The molecule has 0 bridgehead atoms. The fourth-order valence-electron chi connectivity index (χ4n) is 1.39. The van der Waals surface area contributed by atoms with Gasteiger partial charge in [-0.3, -0.25) is 0 Å². The summed E-state index contributed by atoms with van der Waals surface area (Å²) in [5.41, 5.74) is 0.767. The Balaban J connectivity index is 2.35. The van der Waals surface area contributed by atoms with Crippen molar-refractivity contribution in [2.24, 2.45) is 0 Å². The van der Waals surface area contributed by atoms with Crippen LogP contribution in [0.25, 0.3) is 0 Å². The summed E-state index contributed by atoms with van der Waals surface area (Å²) in [6, 6.07) is 12.0. The Morgan fingerprint density at radius 2 is 1.81 bits per heavy atom. The van der Waals surface area contributed by atoms with Crippen LogP contribution < -0.4 is 4.74 Å². The molecule has 0 amide bonds. The number of hydrogen-bond acceptors (Lipinski definition) is 1. The zero-order chi connectivity index (χ0) is 11.5. The molecule has 0 saturated carbocycles. The van der Waals surface area contributed by atoms with Crippen molar-refractivity contribution in [3.8, 4) is 11.5 Å². The molecule has 0 unspecified atom stereocenters. The van der Waals surface area contributed by atoms with Crippen LogP contribution in [-0.4, -0.2) is 0 Å². The molecule has 1 nitrogen and oxygen atoms in total. The zero-order valence-electron chi connectivity index (χ0n) is 8.71. The molecule has 0 spiro atoms. The van der Waals surface area contributed by atoms with E-state index < -0.39 is 5.82 Å². The fourth-order valence-corrected chi connectivity index (χ4v) is 1.69. The summed E-state index contributed by atoms with van der Waals surface area (Å²) in [5, 5.41) is 0.279. The van der Waals surface area contributed by atoms with Crippen LogP contribution in [0.5, 0.6) is 11.5 Å². The van der Waals surface area contributed by atoms with E-state index in [1.807, 2.05) is 18.2 Å². The van der Waals surface area contributed by atoms with Gasteiger partial charge in [-0.1, -0.05) is 29.8 Å². The highest BCUT2D eigenvalue weighted by molar-refractivity contribution is 6.32. The molecule has 0 aliphatic rings. The molecular weight excluding hydrogens is 227 g/mol. The van der Waals surface area contributed by atoms with Crippen LogP contribution in [0.2, 0.25) is 5.02 Å². The number of hydrogen-bond donors (Lipinski definition) is 0. The Kier molecular flexibility index (Phi) is 3.11. The summed E-state index contributed by atoms with van der Waals surface area (Å²) < 4.78 is 19.0. The maximum Gasteiger partial charge on any atom is 0.181 e. The lowest BCUT2D eigenvalue weighted by atomic mass is 10.2. The van der Waals surface area contributed by atoms with E-state index in [0.29, 0.717) is 5.75 Å². The number of halogens is 2. The summed E-state index contributed by atoms with van der Waals surface area (Å²) in [6.07, 6.45) is 0. The standard InChI is InChI=1S/C13H10ClFO/c1-9-7-11(14)13(12(15)8-9)16-10-5-3-2-4-6-10/h2-8H,1H3. The molecule has 3 heteroatoms. The van der Waals surface area contributed by atoms with Gasteiger partial charge in [0, 0.05) is 0 Å².